The van der Waals surface area contributed by atoms with E-state index in [-0.39, 0.29) is 24.3 Å². The van der Waals surface area contributed by atoms with Gasteiger partial charge >= 0.3 is 0 Å². The molecule has 2 bridgehead atoms. The molecule has 3 aliphatic heterocycles. The van der Waals surface area contributed by atoms with Crippen molar-refractivity contribution < 1.29 is 24.2 Å². The van der Waals surface area contributed by atoms with E-state index in [1.165, 1.54) is 4.90 Å². The van der Waals surface area contributed by atoms with Crippen molar-refractivity contribution >= 4 is 40.7 Å². The summed E-state index contributed by atoms with van der Waals surface area (Å²) in [6, 6.07) is 22.1. The zero-order valence-corrected chi connectivity index (χ0v) is 25.2. The standard InChI is InChI=1S/C34H36ClN3O5/c1-20-11-10-16-25(35)28(20)37-31(41)29-34-18-21(2)33(3,43-34)26(30(40)36-23-14-8-5-9-15-23)27(34)32(42)38(29)24(19-39)17-22-12-6-4-7-13-22/h4-16,21,24,26-27,29,39H,17-19H2,1-3H3,(H,36,40)(H,37,41)/t21?,24-,26-,27+,29?,33+,34?/m1/s1. The number of fused-ring (bicyclic) bond motifs is 1. The van der Waals surface area contributed by atoms with E-state index >= 15 is 0 Å². The number of aryl methyl sites for hydroxylation is 1. The third kappa shape index (κ3) is 4.72. The van der Waals surface area contributed by atoms with Crippen LogP contribution in [-0.4, -0.2) is 57.6 Å². The van der Waals surface area contributed by atoms with Gasteiger partial charge in [0.2, 0.25) is 17.7 Å². The normalized spacial score (nSPS) is 29.8. The van der Waals surface area contributed by atoms with Gasteiger partial charge in [-0.25, -0.2) is 0 Å². The molecule has 3 aromatic carbocycles. The number of amides is 3. The molecular weight excluding hydrogens is 566 g/mol. The summed E-state index contributed by atoms with van der Waals surface area (Å²) in [5.41, 5.74) is 0.504. The number of aliphatic hydroxyl groups is 1. The van der Waals surface area contributed by atoms with Crippen molar-refractivity contribution in [3.05, 3.63) is 95.0 Å². The number of carbonyl (C=O) groups excluding carboxylic acids is 3. The number of benzene rings is 3. The summed E-state index contributed by atoms with van der Waals surface area (Å²) in [5, 5.41) is 17.0. The first-order valence-corrected chi connectivity index (χ1v) is 15.1. The van der Waals surface area contributed by atoms with Crippen molar-refractivity contribution in [2.45, 2.75) is 56.9 Å². The molecule has 3 N–H and O–H groups in total. The number of ether oxygens (including phenoxy) is 1. The zero-order valence-electron chi connectivity index (χ0n) is 24.4. The van der Waals surface area contributed by atoms with E-state index in [0.29, 0.717) is 29.2 Å². The summed E-state index contributed by atoms with van der Waals surface area (Å²) in [5.74, 6) is -3.03. The van der Waals surface area contributed by atoms with Crippen molar-refractivity contribution in [3.8, 4) is 0 Å². The van der Waals surface area contributed by atoms with E-state index in [1.54, 1.807) is 24.3 Å². The van der Waals surface area contributed by atoms with Crippen LogP contribution < -0.4 is 10.6 Å². The summed E-state index contributed by atoms with van der Waals surface area (Å²) in [6.07, 6.45) is 0.739. The number of hydrogen-bond donors (Lipinski definition) is 3. The van der Waals surface area contributed by atoms with Crippen LogP contribution in [0.25, 0.3) is 0 Å². The molecule has 0 aromatic heterocycles. The van der Waals surface area contributed by atoms with Crippen LogP contribution in [0.15, 0.2) is 78.9 Å². The van der Waals surface area contributed by atoms with Gasteiger partial charge in [-0.2, -0.15) is 0 Å². The molecule has 3 amide bonds. The van der Waals surface area contributed by atoms with Crippen molar-refractivity contribution in [2.75, 3.05) is 17.2 Å². The maximum absolute atomic E-state index is 14.6. The highest BCUT2D eigenvalue weighted by Crippen LogP contribution is 2.65. The molecule has 3 unspecified atom stereocenters. The summed E-state index contributed by atoms with van der Waals surface area (Å²) >= 11 is 6.50. The quantitative estimate of drug-likeness (QED) is 0.342. The van der Waals surface area contributed by atoms with Gasteiger partial charge in [-0.1, -0.05) is 79.2 Å². The number of aliphatic hydroxyl groups excluding tert-OH is 1. The fraction of sp³-hybridized carbons (Fsp3) is 0.382. The molecule has 3 aliphatic rings. The average molecular weight is 602 g/mol. The van der Waals surface area contributed by atoms with Gasteiger partial charge in [-0.15, -0.1) is 0 Å². The second-order valence-electron chi connectivity index (χ2n) is 12.3. The predicted molar refractivity (Wildman–Crippen MR) is 165 cm³/mol. The van der Waals surface area contributed by atoms with Crippen LogP contribution in [0.4, 0.5) is 11.4 Å². The van der Waals surface area contributed by atoms with Crippen LogP contribution in [0.1, 0.15) is 31.4 Å². The van der Waals surface area contributed by atoms with Gasteiger partial charge in [0.1, 0.15) is 11.6 Å². The minimum Gasteiger partial charge on any atom is -0.394 e. The third-order valence-corrected chi connectivity index (χ3v) is 10.0. The summed E-state index contributed by atoms with van der Waals surface area (Å²) in [4.78, 5) is 44.5. The van der Waals surface area contributed by atoms with E-state index in [0.717, 1.165) is 11.1 Å². The minimum atomic E-state index is -1.27. The zero-order chi connectivity index (χ0) is 30.5. The number of carbonyl (C=O) groups is 3. The number of nitrogens with one attached hydrogen (secondary N) is 2. The molecule has 43 heavy (non-hydrogen) atoms. The number of likely N-dealkylation sites (tertiary alicyclic amines) is 1. The molecule has 3 heterocycles. The molecule has 1 spiro atoms. The Morgan fingerprint density at radius 3 is 2.35 bits per heavy atom. The monoisotopic (exact) mass is 601 g/mol. The molecule has 3 fully saturated rings. The van der Waals surface area contributed by atoms with Crippen molar-refractivity contribution in [3.63, 3.8) is 0 Å². The molecule has 0 saturated carbocycles. The first kappa shape index (κ1) is 29.4. The summed E-state index contributed by atoms with van der Waals surface area (Å²) in [6.45, 7) is 5.35. The maximum Gasteiger partial charge on any atom is 0.250 e. The Morgan fingerprint density at radius 1 is 1.02 bits per heavy atom. The SMILES string of the molecule is Cc1cccc(Cl)c1NC(=O)C1N([C@@H](CO)Cc2ccccc2)C(=O)[C@@H]2[C@H](C(=O)Nc3ccccc3)[C@@]3(C)OC12CC3C. The van der Waals surface area contributed by atoms with E-state index in [9.17, 15) is 19.5 Å². The largest absolute Gasteiger partial charge is 0.394 e. The molecule has 9 heteroatoms. The lowest BCUT2D eigenvalue weighted by molar-refractivity contribution is -0.147. The number of nitrogens with zero attached hydrogens (tertiary/aromatic N) is 1. The maximum atomic E-state index is 14.6. The fourth-order valence-electron chi connectivity index (χ4n) is 7.63. The Bertz CT molecular complexity index is 1530. The Kier molecular flexibility index (Phi) is 7.57. The lowest BCUT2D eigenvalue weighted by atomic mass is 9.62. The van der Waals surface area contributed by atoms with Crippen LogP contribution in [0, 0.1) is 24.7 Å². The van der Waals surface area contributed by atoms with E-state index in [1.807, 2.05) is 75.4 Å². The number of rotatable bonds is 8. The summed E-state index contributed by atoms with van der Waals surface area (Å²) in [7, 11) is 0. The number of hydrogen-bond acceptors (Lipinski definition) is 5. The van der Waals surface area contributed by atoms with Gasteiger partial charge in [-0.3, -0.25) is 14.4 Å². The van der Waals surface area contributed by atoms with Gasteiger partial charge in [-0.05, 0) is 61.9 Å². The molecule has 0 aliphatic carbocycles. The number of para-hydroxylation sites is 2. The highest BCUT2D eigenvalue weighted by molar-refractivity contribution is 6.34. The van der Waals surface area contributed by atoms with Gasteiger partial charge in [0.05, 0.1) is 40.8 Å². The Balaban J connectivity index is 1.44. The average Bonchev–Trinajstić information content (AvgIpc) is 3.51. The molecule has 3 saturated heterocycles. The van der Waals surface area contributed by atoms with Crippen LogP contribution in [0.5, 0.6) is 0 Å². The smallest absolute Gasteiger partial charge is 0.250 e. The van der Waals surface area contributed by atoms with Crippen molar-refractivity contribution in [1.82, 2.24) is 4.90 Å². The molecule has 6 rings (SSSR count). The summed E-state index contributed by atoms with van der Waals surface area (Å²) < 4.78 is 6.83. The van der Waals surface area contributed by atoms with E-state index in [4.69, 9.17) is 16.3 Å². The Morgan fingerprint density at radius 2 is 1.70 bits per heavy atom. The van der Waals surface area contributed by atoms with Crippen LogP contribution >= 0.6 is 11.6 Å². The molecule has 224 valence electrons. The van der Waals surface area contributed by atoms with Crippen LogP contribution in [0.3, 0.4) is 0 Å². The molecule has 8 nitrogen and oxygen atoms in total. The molecule has 7 atom stereocenters. The Labute approximate surface area is 256 Å². The second kappa shape index (κ2) is 11.1. The van der Waals surface area contributed by atoms with Gasteiger partial charge in [0.25, 0.3) is 0 Å². The molecule has 3 aromatic rings. The lowest BCUT2D eigenvalue weighted by Gasteiger charge is -2.37. The predicted octanol–water partition coefficient (Wildman–Crippen LogP) is 4.84. The van der Waals surface area contributed by atoms with Crippen molar-refractivity contribution in [2.24, 2.45) is 17.8 Å². The Hall–Kier alpha value is -3.72. The first-order chi connectivity index (χ1) is 20.6. The highest BCUT2D eigenvalue weighted by atomic mass is 35.5. The number of halogens is 1. The topological polar surface area (TPSA) is 108 Å². The first-order valence-electron chi connectivity index (χ1n) is 14.7. The van der Waals surface area contributed by atoms with E-state index in [2.05, 4.69) is 10.6 Å². The lowest BCUT2D eigenvalue weighted by Crippen LogP contribution is -2.57. The minimum absolute atomic E-state index is 0.123. The number of anilines is 2. The second-order valence-corrected chi connectivity index (χ2v) is 12.7. The van der Waals surface area contributed by atoms with E-state index < -0.39 is 41.0 Å². The third-order valence-electron chi connectivity index (χ3n) is 9.71. The van der Waals surface area contributed by atoms with Crippen molar-refractivity contribution in [1.29, 1.82) is 0 Å². The van der Waals surface area contributed by atoms with Gasteiger partial charge < -0.3 is 25.4 Å². The molecular formula is C34H36ClN3O5. The fourth-order valence-corrected chi connectivity index (χ4v) is 7.90. The highest BCUT2D eigenvalue weighted by Gasteiger charge is 2.80. The molecule has 0 radical (unpaired) electrons. The van der Waals surface area contributed by atoms with Gasteiger partial charge in [0.15, 0.2) is 0 Å². The van der Waals surface area contributed by atoms with Crippen LogP contribution in [-0.2, 0) is 25.5 Å². The van der Waals surface area contributed by atoms with Gasteiger partial charge in [0, 0.05) is 5.69 Å². The van der Waals surface area contributed by atoms with Crippen LogP contribution in [0.2, 0.25) is 5.02 Å².